The van der Waals surface area contributed by atoms with Crippen molar-refractivity contribution in [2.24, 2.45) is 0 Å². The number of benzene rings is 3. The largest absolute Gasteiger partial charge is 0.493 e. The molecule has 0 aliphatic rings. The Bertz CT molecular complexity index is 1060. The maximum absolute atomic E-state index is 12.5. The molecule has 0 N–H and O–H groups in total. The number of carbonyl (C=O) groups is 2. The number of ether oxygens (including phenoxy) is 3. The van der Waals surface area contributed by atoms with E-state index in [0.29, 0.717) is 39.0 Å². The Morgan fingerprint density at radius 1 is 0.722 bits per heavy atom. The van der Waals surface area contributed by atoms with Gasteiger partial charge in [0.2, 0.25) is 5.91 Å². The molecule has 1 amide bonds. The van der Waals surface area contributed by atoms with Crippen LogP contribution >= 0.6 is 0 Å². The summed E-state index contributed by atoms with van der Waals surface area (Å²) in [5.41, 5.74) is 3.27. The van der Waals surface area contributed by atoms with E-state index in [1.807, 2.05) is 73.8 Å². The molecule has 0 unspecified atom stereocenters. The van der Waals surface area contributed by atoms with Gasteiger partial charge in [-0.15, -0.1) is 0 Å². The maximum Gasteiger partial charge on any atom is 0.305 e. The van der Waals surface area contributed by atoms with E-state index in [4.69, 9.17) is 9.47 Å². The van der Waals surface area contributed by atoms with Gasteiger partial charge in [0.15, 0.2) is 0 Å². The predicted molar refractivity (Wildman–Crippen MR) is 140 cm³/mol. The first-order chi connectivity index (χ1) is 17.5. The third-order valence-corrected chi connectivity index (χ3v) is 5.88. The van der Waals surface area contributed by atoms with Gasteiger partial charge in [0.25, 0.3) is 0 Å². The van der Waals surface area contributed by atoms with Crippen molar-refractivity contribution in [1.29, 1.82) is 0 Å². The predicted octanol–water partition coefficient (Wildman–Crippen LogP) is 4.88. The molecule has 36 heavy (non-hydrogen) atoms. The Morgan fingerprint density at radius 2 is 1.28 bits per heavy atom. The number of aryl methyl sites for hydroxylation is 1. The second kappa shape index (κ2) is 14.6. The molecule has 0 fully saturated rings. The highest BCUT2D eigenvalue weighted by atomic mass is 16.5. The molecule has 0 saturated carbocycles. The zero-order valence-electron chi connectivity index (χ0n) is 21.2. The van der Waals surface area contributed by atoms with Crippen LogP contribution in [0.4, 0.5) is 0 Å². The number of nitrogens with zero attached hydrogens (tertiary/aromatic N) is 1. The van der Waals surface area contributed by atoms with Gasteiger partial charge in [-0.25, -0.2) is 0 Å². The van der Waals surface area contributed by atoms with Gasteiger partial charge in [-0.05, 0) is 53.8 Å². The lowest BCUT2D eigenvalue weighted by Crippen LogP contribution is -2.30. The summed E-state index contributed by atoms with van der Waals surface area (Å²) < 4.78 is 16.2. The Balaban J connectivity index is 1.30. The van der Waals surface area contributed by atoms with Crippen molar-refractivity contribution in [3.63, 3.8) is 0 Å². The van der Waals surface area contributed by atoms with Crippen molar-refractivity contribution in [2.75, 3.05) is 33.9 Å². The van der Waals surface area contributed by atoms with E-state index in [9.17, 15) is 9.59 Å². The van der Waals surface area contributed by atoms with Crippen molar-refractivity contribution in [3.05, 3.63) is 95.6 Å². The zero-order valence-corrected chi connectivity index (χ0v) is 21.2. The maximum atomic E-state index is 12.5. The van der Waals surface area contributed by atoms with Gasteiger partial charge in [0.1, 0.15) is 11.5 Å². The van der Waals surface area contributed by atoms with E-state index in [2.05, 4.69) is 16.9 Å². The van der Waals surface area contributed by atoms with Crippen molar-refractivity contribution in [1.82, 2.24) is 4.90 Å². The van der Waals surface area contributed by atoms with Crippen LogP contribution in [-0.4, -0.2) is 50.7 Å². The summed E-state index contributed by atoms with van der Waals surface area (Å²) in [5, 5.41) is 0. The summed E-state index contributed by atoms with van der Waals surface area (Å²) in [6.45, 7) is 1.78. The van der Waals surface area contributed by atoms with Gasteiger partial charge in [-0.2, -0.15) is 0 Å². The summed E-state index contributed by atoms with van der Waals surface area (Å²) in [4.78, 5) is 25.5. The van der Waals surface area contributed by atoms with Crippen LogP contribution in [0.1, 0.15) is 29.5 Å². The van der Waals surface area contributed by atoms with Crippen LogP contribution in [0.5, 0.6) is 11.5 Å². The quantitative estimate of drug-likeness (QED) is 0.238. The minimum absolute atomic E-state index is 0.105. The summed E-state index contributed by atoms with van der Waals surface area (Å²) in [5.74, 6) is 1.46. The van der Waals surface area contributed by atoms with Crippen LogP contribution in [0.2, 0.25) is 0 Å². The number of methoxy groups -OCH3 is 1. The average Bonchev–Trinajstić information content (AvgIpc) is 2.92. The van der Waals surface area contributed by atoms with Crippen LogP contribution in [0.3, 0.4) is 0 Å². The third kappa shape index (κ3) is 9.45. The van der Waals surface area contributed by atoms with Gasteiger partial charge in [-0.3, -0.25) is 9.59 Å². The van der Waals surface area contributed by atoms with E-state index in [1.54, 1.807) is 4.90 Å². The van der Waals surface area contributed by atoms with Crippen molar-refractivity contribution >= 4 is 11.9 Å². The molecule has 0 aromatic heterocycles. The Kier molecular flexibility index (Phi) is 10.8. The molecule has 0 bridgehead atoms. The van der Waals surface area contributed by atoms with E-state index >= 15 is 0 Å². The van der Waals surface area contributed by atoms with Gasteiger partial charge < -0.3 is 19.1 Å². The van der Waals surface area contributed by atoms with Crippen LogP contribution in [0.15, 0.2) is 78.9 Å². The number of amides is 1. The Hall–Kier alpha value is -3.80. The number of likely N-dealkylation sites (N-methyl/N-ethyl adjacent to an activating group) is 1. The van der Waals surface area contributed by atoms with Crippen molar-refractivity contribution in [2.45, 2.75) is 32.1 Å². The van der Waals surface area contributed by atoms with Gasteiger partial charge in [0.05, 0.1) is 26.7 Å². The van der Waals surface area contributed by atoms with Crippen molar-refractivity contribution in [3.8, 4) is 11.5 Å². The average molecular weight is 490 g/mol. The molecule has 0 radical (unpaired) electrons. The monoisotopic (exact) mass is 489 g/mol. The topological polar surface area (TPSA) is 65.1 Å². The molecule has 6 nitrogen and oxygen atoms in total. The molecule has 0 aliphatic carbocycles. The standard InChI is InChI=1S/C30H35NO5/c1-31(20-19-24-7-4-3-5-8-24)29(32)23-26-11-16-28(17-12-26)36-22-6-21-35-27-14-9-25(10-15-27)13-18-30(33)34-2/h3-5,7-12,14-17H,6,13,18-23H2,1-2H3. The van der Waals surface area contributed by atoms with Gasteiger partial charge in [-0.1, -0.05) is 54.6 Å². The van der Waals surface area contributed by atoms with Crippen LogP contribution < -0.4 is 9.47 Å². The third-order valence-electron chi connectivity index (χ3n) is 5.88. The van der Waals surface area contributed by atoms with E-state index in [1.165, 1.54) is 12.7 Å². The molecule has 0 heterocycles. The SMILES string of the molecule is COC(=O)CCc1ccc(OCCCOc2ccc(CC(=O)N(C)CCc3ccccc3)cc2)cc1. The molecule has 0 saturated heterocycles. The van der Waals surface area contributed by atoms with E-state index < -0.39 is 0 Å². The molecule has 3 aromatic carbocycles. The van der Waals surface area contributed by atoms with Crippen LogP contribution in [0, 0.1) is 0 Å². The Labute approximate surface area is 213 Å². The number of rotatable bonds is 14. The number of esters is 1. The molecule has 3 aromatic rings. The molecular formula is C30H35NO5. The number of hydrogen-bond donors (Lipinski definition) is 0. The zero-order chi connectivity index (χ0) is 25.6. The van der Waals surface area contributed by atoms with E-state index in [-0.39, 0.29) is 11.9 Å². The molecule has 0 aliphatic heterocycles. The first-order valence-electron chi connectivity index (χ1n) is 12.3. The van der Waals surface area contributed by atoms with Crippen LogP contribution in [0.25, 0.3) is 0 Å². The highest BCUT2D eigenvalue weighted by Crippen LogP contribution is 2.16. The minimum atomic E-state index is -0.208. The highest BCUT2D eigenvalue weighted by molar-refractivity contribution is 5.78. The Morgan fingerprint density at radius 3 is 1.86 bits per heavy atom. The molecule has 3 rings (SSSR count). The lowest BCUT2D eigenvalue weighted by Gasteiger charge is -2.17. The van der Waals surface area contributed by atoms with Crippen molar-refractivity contribution < 1.29 is 23.8 Å². The molecular weight excluding hydrogens is 454 g/mol. The van der Waals surface area contributed by atoms with E-state index in [0.717, 1.165) is 35.5 Å². The fourth-order valence-electron chi connectivity index (χ4n) is 3.62. The normalized spacial score (nSPS) is 10.5. The lowest BCUT2D eigenvalue weighted by atomic mass is 10.1. The van der Waals surface area contributed by atoms with Gasteiger partial charge >= 0.3 is 5.97 Å². The molecule has 6 heteroatoms. The fourth-order valence-corrected chi connectivity index (χ4v) is 3.62. The summed E-state index contributed by atoms with van der Waals surface area (Å²) >= 11 is 0. The van der Waals surface area contributed by atoms with Crippen LogP contribution in [-0.2, 0) is 33.6 Å². The first kappa shape index (κ1) is 26.8. The minimum Gasteiger partial charge on any atom is -0.493 e. The number of hydrogen-bond acceptors (Lipinski definition) is 5. The number of carbonyl (C=O) groups excluding carboxylic acids is 2. The summed E-state index contributed by atoms with van der Waals surface area (Å²) in [6.07, 6.45) is 3.00. The summed E-state index contributed by atoms with van der Waals surface area (Å²) in [6, 6.07) is 25.6. The molecule has 0 spiro atoms. The highest BCUT2D eigenvalue weighted by Gasteiger charge is 2.10. The summed E-state index contributed by atoms with van der Waals surface area (Å²) in [7, 11) is 3.25. The molecule has 0 atom stereocenters. The second-order valence-corrected chi connectivity index (χ2v) is 8.64. The first-order valence-corrected chi connectivity index (χ1v) is 12.3. The smallest absolute Gasteiger partial charge is 0.305 e. The molecule has 190 valence electrons. The van der Waals surface area contributed by atoms with Gasteiger partial charge in [0, 0.05) is 26.4 Å². The fraction of sp³-hybridized carbons (Fsp3) is 0.333. The lowest BCUT2D eigenvalue weighted by molar-refractivity contribution is -0.140. The second-order valence-electron chi connectivity index (χ2n) is 8.64.